The molecular weight excluding hydrogens is 306 g/mol. The number of aromatic nitrogens is 1. The van der Waals surface area contributed by atoms with Crippen molar-refractivity contribution in [2.75, 3.05) is 0 Å². The SMILES string of the molecule is Clc1ccc2c(c1)C(Br)Cn1cccc1S2. The molecular formula is C12H9BrClNS. The van der Waals surface area contributed by atoms with Gasteiger partial charge in [-0.3, -0.25) is 0 Å². The lowest BCUT2D eigenvalue weighted by Gasteiger charge is -2.10. The topological polar surface area (TPSA) is 4.93 Å². The summed E-state index contributed by atoms with van der Waals surface area (Å²) in [6, 6.07) is 10.3. The van der Waals surface area contributed by atoms with Crippen LogP contribution in [0.5, 0.6) is 0 Å². The highest BCUT2D eigenvalue weighted by Crippen LogP contribution is 2.42. The van der Waals surface area contributed by atoms with E-state index in [4.69, 9.17) is 11.6 Å². The summed E-state index contributed by atoms with van der Waals surface area (Å²) in [5.74, 6) is 0. The van der Waals surface area contributed by atoms with E-state index in [1.165, 1.54) is 15.5 Å². The molecule has 0 fully saturated rings. The molecule has 0 radical (unpaired) electrons. The van der Waals surface area contributed by atoms with E-state index >= 15 is 0 Å². The quantitative estimate of drug-likeness (QED) is 0.636. The second-order valence-corrected chi connectivity index (χ2v) is 6.35. The summed E-state index contributed by atoms with van der Waals surface area (Å²) in [6.45, 7) is 0.947. The minimum absolute atomic E-state index is 0.322. The highest BCUT2D eigenvalue weighted by atomic mass is 79.9. The first kappa shape index (κ1) is 10.8. The second kappa shape index (κ2) is 4.13. The van der Waals surface area contributed by atoms with Crippen LogP contribution in [-0.2, 0) is 6.54 Å². The number of rotatable bonds is 0. The van der Waals surface area contributed by atoms with Crippen molar-refractivity contribution in [1.29, 1.82) is 0 Å². The monoisotopic (exact) mass is 313 g/mol. The summed E-state index contributed by atoms with van der Waals surface area (Å²) in [6.07, 6.45) is 2.12. The average molecular weight is 315 g/mol. The molecule has 0 bridgehead atoms. The van der Waals surface area contributed by atoms with Crippen LogP contribution in [0.1, 0.15) is 10.4 Å². The van der Waals surface area contributed by atoms with Gasteiger partial charge in [-0.1, -0.05) is 39.3 Å². The average Bonchev–Trinajstić information content (AvgIpc) is 2.63. The Morgan fingerprint density at radius 2 is 2.25 bits per heavy atom. The van der Waals surface area contributed by atoms with Gasteiger partial charge < -0.3 is 4.57 Å². The zero-order valence-corrected chi connectivity index (χ0v) is 11.5. The van der Waals surface area contributed by atoms with Gasteiger partial charge in [-0.2, -0.15) is 0 Å². The largest absolute Gasteiger partial charge is 0.341 e. The standard InChI is InChI=1S/C12H9BrClNS/c13-10-7-15-5-1-2-12(15)16-11-4-3-8(14)6-9(10)11/h1-6,10H,7H2. The summed E-state index contributed by atoms with van der Waals surface area (Å²) in [5, 5.41) is 2.08. The molecule has 1 aromatic carbocycles. The van der Waals surface area contributed by atoms with Crippen molar-refractivity contribution in [2.45, 2.75) is 21.3 Å². The molecule has 0 spiro atoms. The number of halogens is 2. The Balaban J connectivity index is 2.14. The minimum atomic E-state index is 0.322. The number of nitrogens with zero attached hydrogens (tertiary/aromatic N) is 1. The molecule has 1 unspecified atom stereocenters. The van der Waals surface area contributed by atoms with Gasteiger partial charge in [-0.25, -0.2) is 0 Å². The summed E-state index contributed by atoms with van der Waals surface area (Å²) in [5.41, 5.74) is 1.28. The molecule has 4 heteroatoms. The molecule has 3 rings (SSSR count). The summed E-state index contributed by atoms with van der Waals surface area (Å²) >= 11 is 11.6. The van der Waals surface area contributed by atoms with Crippen molar-refractivity contribution < 1.29 is 0 Å². The third kappa shape index (κ3) is 1.81. The second-order valence-electron chi connectivity index (χ2n) is 3.75. The van der Waals surface area contributed by atoms with Gasteiger partial charge in [0.25, 0.3) is 0 Å². The molecule has 0 N–H and O–H groups in total. The third-order valence-electron chi connectivity index (χ3n) is 2.67. The normalized spacial score (nSPS) is 18.8. The van der Waals surface area contributed by atoms with Crippen molar-refractivity contribution >= 4 is 39.3 Å². The van der Waals surface area contributed by atoms with Crippen LogP contribution in [0.3, 0.4) is 0 Å². The highest BCUT2D eigenvalue weighted by molar-refractivity contribution is 9.09. The maximum absolute atomic E-state index is 6.04. The molecule has 82 valence electrons. The number of hydrogen-bond acceptors (Lipinski definition) is 1. The maximum Gasteiger partial charge on any atom is 0.0796 e. The Bertz CT molecular complexity index is 538. The smallest absolute Gasteiger partial charge is 0.0796 e. The molecule has 1 atom stereocenters. The van der Waals surface area contributed by atoms with Crippen molar-refractivity contribution in [3.05, 3.63) is 47.1 Å². The molecule has 2 heterocycles. The van der Waals surface area contributed by atoms with E-state index in [0.717, 1.165) is 11.6 Å². The van der Waals surface area contributed by atoms with E-state index in [1.807, 2.05) is 6.07 Å². The highest BCUT2D eigenvalue weighted by Gasteiger charge is 2.20. The van der Waals surface area contributed by atoms with E-state index < -0.39 is 0 Å². The summed E-state index contributed by atoms with van der Waals surface area (Å²) < 4.78 is 2.26. The van der Waals surface area contributed by atoms with Gasteiger partial charge in [0.05, 0.1) is 9.85 Å². The van der Waals surface area contributed by atoms with E-state index in [2.05, 4.69) is 51.0 Å². The lowest BCUT2D eigenvalue weighted by Crippen LogP contribution is -2.01. The van der Waals surface area contributed by atoms with Crippen molar-refractivity contribution in [3.8, 4) is 0 Å². The molecule has 0 aliphatic carbocycles. The third-order valence-corrected chi connectivity index (χ3v) is 4.86. The van der Waals surface area contributed by atoms with Gasteiger partial charge in [0.2, 0.25) is 0 Å². The maximum atomic E-state index is 6.04. The van der Waals surface area contributed by atoms with Crippen LogP contribution in [0.15, 0.2) is 46.5 Å². The molecule has 16 heavy (non-hydrogen) atoms. The number of benzene rings is 1. The van der Waals surface area contributed by atoms with Crippen molar-refractivity contribution in [1.82, 2.24) is 4.57 Å². The Labute approximate surface area is 112 Å². The van der Waals surface area contributed by atoms with Crippen molar-refractivity contribution in [2.24, 2.45) is 0 Å². The van der Waals surface area contributed by atoms with E-state index in [0.29, 0.717) is 4.83 Å². The predicted molar refractivity (Wildman–Crippen MR) is 71.7 cm³/mol. The van der Waals surface area contributed by atoms with Gasteiger partial charge in [-0.15, -0.1) is 0 Å². The van der Waals surface area contributed by atoms with Crippen LogP contribution in [0, 0.1) is 0 Å². The van der Waals surface area contributed by atoms with Crippen LogP contribution >= 0.6 is 39.3 Å². The first-order valence-corrected chi connectivity index (χ1v) is 7.11. The zero-order chi connectivity index (χ0) is 11.1. The fourth-order valence-corrected chi connectivity index (χ4v) is 3.99. The van der Waals surface area contributed by atoms with Crippen LogP contribution in [0.2, 0.25) is 5.02 Å². The molecule has 1 aromatic heterocycles. The fraction of sp³-hybridized carbons (Fsp3) is 0.167. The number of fused-ring (bicyclic) bond motifs is 2. The van der Waals surface area contributed by atoms with Gasteiger partial charge in [0.15, 0.2) is 0 Å². The number of alkyl halides is 1. The number of hydrogen-bond donors (Lipinski definition) is 0. The molecule has 0 amide bonds. The molecule has 1 nitrogen and oxygen atoms in total. The van der Waals surface area contributed by atoms with Crippen molar-refractivity contribution in [3.63, 3.8) is 0 Å². The molecule has 0 saturated carbocycles. The molecule has 1 aliphatic rings. The Morgan fingerprint density at radius 1 is 1.38 bits per heavy atom. The minimum Gasteiger partial charge on any atom is -0.341 e. The molecule has 2 aromatic rings. The Hall–Kier alpha value is -0.380. The van der Waals surface area contributed by atoms with Crippen LogP contribution in [0.25, 0.3) is 0 Å². The summed E-state index contributed by atoms with van der Waals surface area (Å²) in [7, 11) is 0. The van der Waals surface area contributed by atoms with E-state index in [1.54, 1.807) is 11.8 Å². The molecule has 1 aliphatic heterocycles. The Morgan fingerprint density at radius 3 is 3.12 bits per heavy atom. The Kier molecular flexibility index (Phi) is 2.78. The van der Waals surface area contributed by atoms with Gasteiger partial charge in [0.1, 0.15) is 0 Å². The predicted octanol–water partition coefficient (Wildman–Crippen LogP) is 4.74. The van der Waals surface area contributed by atoms with Crippen LogP contribution in [-0.4, -0.2) is 4.57 Å². The van der Waals surface area contributed by atoms with E-state index in [-0.39, 0.29) is 0 Å². The van der Waals surface area contributed by atoms with Crippen LogP contribution < -0.4 is 0 Å². The summed E-state index contributed by atoms with van der Waals surface area (Å²) in [4.78, 5) is 1.60. The van der Waals surface area contributed by atoms with Gasteiger partial charge in [-0.05, 0) is 35.9 Å². The van der Waals surface area contributed by atoms with E-state index in [9.17, 15) is 0 Å². The molecule has 0 saturated heterocycles. The van der Waals surface area contributed by atoms with Crippen LogP contribution in [0.4, 0.5) is 0 Å². The van der Waals surface area contributed by atoms with Gasteiger partial charge >= 0.3 is 0 Å². The first-order chi connectivity index (χ1) is 7.74. The fourth-order valence-electron chi connectivity index (χ4n) is 1.88. The zero-order valence-electron chi connectivity index (χ0n) is 8.36. The van der Waals surface area contributed by atoms with Gasteiger partial charge in [0, 0.05) is 22.7 Å². The lowest BCUT2D eigenvalue weighted by molar-refractivity contribution is 0.649. The lowest BCUT2D eigenvalue weighted by atomic mass is 10.1. The first-order valence-electron chi connectivity index (χ1n) is 5.00.